The number of furan rings is 1. The highest BCUT2D eigenvalue weighted by atomic mass is 19.1. The van der Waals surface area contributed by atoms with Crippen molar-refractivity contribution in [1.82, 2.24) is 10.2 Å². The van der Waals surface area contributed by atoms with Crippen LogP contribution in [-0.4, -0.2) is 57.9 Å². The van der Waals surface area contributed by atoms with Crippen LogP contribution >= 0.6 is 0 Å². The number of hydrogen-bond acceptors (Lipinski definition) is 5. The van der Waals surface area contributed by atoms with Crippen LogP contribution in [0.5, 0.6) is 5.75 Å². The Hall–Kier alpha value is -2.74. The van der Waals surface area contributed by atoms with Crippen LogP contribution < -0.4 is 15.0 Å². The lowest BCUT2D eigenvalue weighted by Crippen LogP contribution is -2.52. The summed E-state index contributed by atoms with van der Waals surface area (Å²) in [4.78, 5) is 16.5. The molecule has 7 nitrogen and oxygen atoms in total. The van der Waals surface area contributed by atoms with E-state index in [1.54, 1.807) is 24.1 Å². The number of benzene rings is 1. The molecule has 1 aromatic carbocycles. The molecule has 1 N–H and O–H groups in total. The van der Waals surface area contributed by atoms with Gasteiger partial charge in [0.2, 0.25) is 0 Å². The predicted octanol–water partition coefficient (Wildman–Crippen LogP) is 2.96. The molecule has 0 radical (unpaired) electrons. The quantitative estimate of drug-likeness (QED) is 0.820. The molecular weight excluding hydrogens is 365 g/mol. The molecule has 0 saturated carbocycles. The Bertz CT molecular complexity index is 802. The van der Waals surface area contributed by atoms with Gasteiger partial charge in [-0.2, -0.15) is 0 Å². The van der Waals surface area contributed by atoms with E-state index in [2.05, 4.69) is 10.2 Å². The first kappa shape index (κ1) is 20.0. The largest absolute Gasteiger partial charge is 0.494 e. The molecule has 1 unspecified atom stereocenters. The van der Waals surface area contributed by atoms with Gasteiger partial charge in [0.15, 0.2) is 11.6 Å². The van der Waals surface area contributed by atoms with Crippen molar-refractivity contribution in [1.29, 1.82) is 0 Å². The number of anilines is 1. The van der Waals surface area contributed by atoms with E-state index in [1.807, 2.05) is 19.1 Å². The maximum atomic E-state index is 13.6. The molecule has 3 rings (SSSR count). The first-order chi connectivity index (χ1) is 13.5. The number of piperazine rings is 1. The van der Waals surface area contributed by atoms with Gasteiger partial charge < -0.3 is 29.0 Å². The van der Waals surface area contributed by atoms with Crippen molar-refractivity contribution in [2.45, 2.75) is 13.0 Å². The fraction of sp³-hybridized carbons (Fsp3) is 0.450. The number of halogens is 1. The monoisotopic (exact) mass is 391 g/mol. The maximum absolute atomic E-state index is 13.6. The summed E-state index contributed by atoms with van der Waals surface area (Å²) in [6.45, 7) is 4.60. The highest BCUT2D eigenvalue weighted by Crippen LogP contribution is 2.25. The highest BCUT2D eigenvalue weighted by molar-refractivity contribution is 5.75. The molecule has 1 fully saturated rings. The summed E-state index contributed by atoms with van der Waals surface area (Å²) in [7, 11) is 3.03. The van der Waals surface area contributed by atoms with Crippen molar-refractivity contribution in [3.8, 4) is 5.75 Å². The average Bonchev–Trinajstić information content (AvgIpc) is 3.14. The Morgan fingerprint density at radius 3 is 2.57 bits per heavy atom. The van der Waals surface area contributed by atoms with Gasteiger partial charge in [0.25, 0.3) is 0 Å². The van der Waals surface area contributed by atoms with Crippen LogP contribution in [0.25, 0.3) is 0 Å². The summed E-state index contributed by atoms with van der Waals surface area (Å²) < 4.78 is 29.5. The topological polar surface area (TPSA) is 67.2 Å². The number of nitrogens with one attached hydrogen (secondary N) is 1. The summed E-state index contributed by atoms with van der Waals surface area (Å²) in [6.07, 6.45) is 0. The highest BCUT2D eigenvalue weighted by Gasteiger charge is 2.25. The van der Waals surface area contributed by atoms with E-state index in [1.165, 1.54) is 13.2 Å². The van der Waals surface area contributed by atoms with Gasteiger partial charge >= 0.3 is 6.03 Å². The van der Waals surface area contributed by atoms with E-state index in [4.69, 9.17) is 13.9 Å². The molecule has 0 spiro atoms. The minimum absolute atomic E-state index is 0.160. The van der Waals surface area contributed by atoms with Gasteiger partial charge in [-0.3, -0.25) is 0 Å². The third-order valence-corrected chi connectivity index (χ3v) is 4.80. The molecular formula is C20H26FN3O4. The average molecular weight is 391 g/mol. The lowest BCUT2D eigenvalue weighted by atomic mass is 10.2. The number of hydrogen-bond donors (Lipinski definition) is 1. The zero-order chi connectivity index (χ0) is 20.1. The normalized spacial score (nSPS) is 15.4. The summed E-state index contributed by atoms with van der Waals surface area (Å²) in [6, 6.07) is 8.01. The number of carbonyl (C=O) groups excluding carboxylic acids is 1. The summed E-state index contributed by atoms with van der Waals surface area (Å²) in [5.41, 5.74) is 0.877. The minimum atomic E-state index is -0.387. The Morgan fingerprint density at radius 2 is 1.96 bits per heavy atom. The number of nitrogens with zero attached hydrogens (tertiary/aromatic N) is 2. The van der Waals surface area contributed by atoms with E-state index in [0.29, 0.717) is 38.5 Å². The molecule has 1 atom stereocenters. The van der Waals surface area contributed by atoms with Crippen molar-refractivity contribution in [2.75, 3.05) is 51.9 Å². The lowest BCUT2D eigenvalue weighted by molar-refractivity contribution is 0.145. The second-order valence-corrected chi connectivity index (χ2v) is 6.70. The number of ether oxygens (including phenoxy) is 2. The fourth-order valence-corrected chi connectivity index (χ4v) is 3.26. The van der Waals surface area contributed by atoms with E-state index < -0.39 is 0 Å². The molecule has 0 aliphatic carbocycles. The summed E-state index contributed by atoms with van der Waals surface area (Å²) in [5, 5.41) is 2.98. The van der Waals surface area contributed by atoms with Gasteiger partial charge in [-0.15, -0.1) is 0 Å². The smallest absolute Gasteiger partial charge is 0.318 e. The standard InChI is InChI=1S/C20H26FN3O4/c1-14-4-7-18(28-14)17(13-26-2)22-20(25)24-10-8-23(9-11-24)15-5-6-16(21)19(12-15)27-3/h4-7,12,17H,8-11,13H2,1-3H3,(H,22,25). The molecule has 0 bridgehead atoms. The molecule has 152 valence electrons. The molecule has 2 amide bonds. The van der Waals surface area contributed by atoms with Crippen LogP contribution in [0, 0.1) is 12.7 Å². The number of methoxy groups -OCH3 is 2. The van der Waals surface area contributed by atoms with Gasteiger partial charge in [0.05, 0.1) is 13.7 Å². The molecule has 2 heterocycles. The Kier molecular flexibility index (Phi) is 6.41. The van der Waals surface area contributed by atoms with Crippen molar-refractivity contribution in [3.63, 3.8) is 0 Å². The van der Waals surface area contributed by atoms with E-state index >= 15 is 0 Å². The molecule has 1 aromatic heterocycles. The van der Waals surface area contributed by atoms with Crippen LogP contribution in [0.15, 0.2) is 34.7 Å². The molecule has 1 aliphatic rings. The van der Waals surface area contributed by atoms with Crippen LogP contribution in [0.3, 0.4) is 0 Å². The van der Waals surface area contributed by atoms with Crippen LogP contribution in [0.1, 0.15) is 17.6 Å². The van der Waals surface area contributed by atoms with Crippen molar-refractivity contribution < 1.29 is 23.1 Å². The molecule has 28 heavy (non-hydrogen) atoms. The van der Waals surface area contributed by atoms with Gasteiger partial charge in [-0.1, -0.05) is 0 Å². The fourth-order valence-electron chi connectivity index (χ4n) is 3.26. The van der Waals surface area contributed by atoms with Crippen molar-refractivity contribution >= 4 is 11.7 Å². The molecule has 1 saturated heterocycles. The van der Waals surface area contributed by atoms with Gasteiger partial charge in [-0.25, -0.2) is 9.18 Å². The van der Waals surface area contributed by atoms with Crippen molar-refractivity contribution in [3.05, 3.63) is 47.7 Å². The number of amides is 2. The second kappa shape index (κ2) is 8.97. The zero-order valence-corrected chi connectivity index (χ0v) is 16.4. The van der Waals surface area contributed by atoms with Crippen LogP contribution in [0.2, 0.25) is 0 Å². The minimum Gasteiger partial charge on any atom is -0.494 e. The number of rotatable bonds is 6. The van der Waals surface area contributed by atoms with E-state index in [9.17, 15) is 9.18 Å². The Morgan fingerprint density at radius 1 is 1.21 bits per heavy atom. The lowest BCUT2D eigenvalue weighted by Gasteiger charge is -2.36. The van der Waals surface area contributed by atoms with Gasteiger partial charge in [-0.05, 0) is 31.2 Å². The first-order valence-electron chi connectivity index (χ1n) is 9.21. The van der Waals surface area contributed by atoms with Crippen LogP contribution in [0.4, 0.5) is 14.9 Å². The van der Waals surface area contributed by atoms with Crippen molar-refractivity contribution in [2.24, 2.45) is 0 Å². The third kappa shape index (κ3) is 4.56. The Balaban J connectivity index is 1.58. The van der Waals surface area contributed by atoms with Gasteiger partial charge in [0, 0.05) is 45.0 Å². The third-order valence-electron chi connectivity index (χ3n) is 4.80. The maximum Gasteiger partial charge on any atom is 0.318 e. The SMILES string of the molecule is COCC(NC(=O)N1CCN(c2ccc(F)c(OC)c2)CC1)c1ccc(C)o1. The zero-order valence-electron chi connectivity index (χ0n) is 16.4. The number of carbonyl (C=O) groups is 1. The van der Waals surface area contributed by atoms with Crippen LogP contribution in [-0.2, 0) is 4.74 Å². The predicted molar refractivity (Wildman–Crippen MR) is 103 cm³/mol. The summed E-state index contributed by atoms with van der Waals surface area (Å²) >= 11 is 0. The second-order valence-electron chi connectivity index (χ2n) is 6.70. The summed E-state index contributed by atoms with van der Waals surface area (Å²) in [5.74, 6) is 1.29. The van der Waals surface area contributed by atoms with Gasteiger partial charge in [0.1, 0.15) is 17.6 Å². The van der Waals surface area contributed by atoms with E-state index in [0.717, 1.165) is 11.4 Å². The number of urea groups is 1. The van der Waals surface area contributed by atoms with E-state index in [-0.39, 0.29) is 23.6 Å². The molecule has 1 aliphatic heterocycles. The number of aryl methyl sites for hydroxylation is 1. The first-order valence-corrected chi connectivity index (χ1v) is 9.21. The molecule has 2 aromatic rings. The Labute approximate surface area is 164 Å². The molecule has 8 heteroatoms.